The summed E-state index contributed by atoms with van der Waals surface area (Å²) < 4.78 is 5.68. The van der Waals surface area contributed by atoms with E-state index in [2.05, 4.69) is 23.0 Å². The Kier molecular flexibility index (Phi) is 4.40. The second-order valence-electron chi connectivity index (χ2n) is 5.61. The van der Waals surface area contributed by atoms with Crippen molar-refractivity contribution in [2.75, 3.05) is 12.8 Å². The van der Waals surface area contributed by atoms with Gasteiger partial charge in [0.25, 0.3) is 0 Å². The summed E-state index contributed by atoms with van der Waals surface area (Å²) in [6.45, 7) is 4.11. The average Bonchev–Trinajstić information content (AvgIpc) is 2.57. The first-order valence-electron chi connectivity index (χ1n) is 7.54. The van der Waals surface area contributed by atoms with Gasteiger partial charge in [-0.25, -0.2) is 4.98 Å². The van der Waals surface area contributed by atoms with E-state index in [4.69, 9.17) is 22.1 Å². The Bertz CT molecular complexity index is 909. The molecule has 0 radical (unpaired) electrons. The highest BCUT2D eigenvalue weighted by molar-refractivity contribution is 6.29. The van der Waals surface area contributed by atoms with Gasteiger partial charge in [-0.3, -0.25) is 4.98 Å². The number of anilines is 1. The van der Waals surface area contributed by atoms with Crippen LogP contribution < -0.4 is 10.5 Å². The van der Waals surface area contributed by atoms with Gasteiger partial charge in [-0.15, -0.1) is 0 Å². The number of pyridine rings is 2. The Labute approximate surface area is 146 Å². The molecule has 2 N–H and O–H groups in total. The zero-order chi connectivity index (χ0) is 17.3. The van der Waals surface area contributed by atoms with E-state index in [1.54, 1.807) is 13.2 Å². The summed E-state index contributed by atoms with van der Waals surface area (Å²) in [5, 5.41) is 0.363. The lowest BCUT2D eigenvalue weighted by atomic mass is 9.99. The predicted molar refractivity (Wildman–Crippen MR) is 98.4 cm³/mol. The fraction of sp³-hybridized carbons (Fsp3) is 0.158. The highest BCUT2D eigenvalue weighted by Gasteiger charge is 2.16. The number of benzene rings is 1. The van der Waals surface area contributed by atoms with E-state index in [0.29, 0.717) is 16.7 Å². The van der Waals surface area contributed by atoms with Crippen LogP contribution in [0.3, 0.4) is 0 Å². The maximum Gasteiger partial charge on any atom is 0.136 e. The molecule has 0 aliphatic heterocycles. The largest absolute Gasteiger partial charge is 0.495 e. The van der Waals surface area contributed by atoms with E-state index in [1.807, 2.05) is 37.4 Å². The number of nitrogen functional groups attached to an aromatic ring is 1. The second-order valence-corrected chi connectivity index (χ2v) is 5.99. The van der Waals surface area contributed by atoms with Gasteiger partial charge in [0.05, 0.1) is 12.8 Å². The topological polar surface area (TPSA) is 61.0 Å². The Balaban J connectivity index is 2.21. The molecule has 24 heavy (non-hydrogen) atoms. The molecular weight excluding hydrogens is 322 g/mol. The molecule has 0 fully saturated rings. The number of halogens is 1. The molecule has 0 aliphatic rings. The molecule has 0 aliphatic carbocycles. The lowest BCUT2D eigenvalue weighted by Crippen LogP contribution is -1.98. The standard InChI is InChI=1S/C19H18ClN3O/c1-11-9-16(22-10-12(11)2)15-6-4-5-13(18(15)24-3)14-7-8-17(20)23-19(14)21/h4-10H,1-3H3,(H2,21,23). The lowest BCUT2D eigenvalue weighted by molar-refractivity contribution is 0.418. The molecule has 0 unspecified atom stereocenters. The van der Waals surface area contributed by atoms with Gasteiger partial charge >= 0.3 is 0 Å². The van der Waals surface area contributed by atoms with E-state index in [1.165, 1.54) is 5.56 Å². The van der Waals surface area contributed by atoms with Crippen molar-refractivity contribution < 1.29 is 4.74 Å². The second kappa shape index (κ2) is 6.49. The average molecular weight is 340 g/mol. The lowest BCUT2D eigenvalue weighted by Gasteiger charge is -2.15. The van der Waals surface area contributed by atoms with Gasteiger partial charge in [-0.1, -0.05) is 23.7 Å². The number of nitrogens with two attached hydrogens (primary N) is 1. The Hall–Kier alpha value is -2.59. The molecule has 1 aromatic carbocycles. The van der Waals surface area contributed by atoms with Crippen molar-refractivity contribution in [2.45, 2.75) is 13.8 Å². The highest BCUT2D eigenvalue weighted by atomic mass is 35.5. The Morgan fingerprint density at radius 2 is 1.75 bits per heavy atom. The third-order valence-corrected chi connectivity index (χ3v) is 4.26. The van der Waals surface area contributed by atoms with E-state index in [0.717, 1.165) is 27.9 Å². The normalized spacial score (nSPS) is 10.7. The number of ether oxygens (including phenoxy) is 1. The summed E-state index contributed by atoms with van der Waals surface area (Å²) in [5.41, 5.74) is 11.8. The van der Waals surface area contributed by atoms with Crippen molar-refractivity contribution in [1.82, 2.24) is 9.97 Å². The van der Waals surface area contributed by atoms with Gasteiger partial charge in [-0.05, 0) is 49.2 Å². The summed E-state index contributed by atoms with van der Waals surface area (Å²) in [6.07, 6.45) is 1.87. The van der Waals surface area contributed by atoms with Crippen LogP contribution in [0, 0.1) is 13.8 Å². The van der Waals surface area contributed by atoms with Gasteiger partial charge < -0.3 is 10.5 Å². The first kappa shape index (κ1) is 16.3. The maximum atomic E-state index is 6.04. The third-order valence-electron chi connectivity index (χ3n) is 4.05. The summed E-state index contributed by atoms with van der Waals surface area (Å²) in [5.74, 6) is 1.08. The summed E-state index contributed by atoms with van der Waals surface area (Å²) in [6, 6.07) is 11.5. The zero-order valence-electron chi connectivity index (χ0n) is 13.8. The quantitative estimate of drug-likeness (QED) is 0.704. The number of methoxy groups -OCH3 is 1. The van der Waals surface area contributed by atoms with Crippen LogP contribution in [0.4, 0.5) is 5.82 Å². The minimum absolute atomic E-state index is 0.363. The van der Waals surface area contributed by atoms with Crippen molar-refractivity contribution in [2.24, 2.45) is 0 Å². The fourth-order valence-electron chi connectivity index (χ4n) is 2.62. The van der Waals surface area contributed by atoms with E-state index < -0.39 is 0 Å². The van der Waals surface area contributed by atoms with Gasteiger partial charge in [0.1, 0.15) is 16.7 Å². The monoisotopic (exact) mass is 339 g/mol. The molecule has 0 atom stereocenters. The SMILES string of the molecule is COc1c(-c2cc(C)c(C)cn2)cccc1-c1ccc(Cl)nc1N. The number of hydrogen-bond acceptors (Lipinski definition) is 4. The number of aromatic nitrogens is 2. The molecule has 2 heterocycles. The van der Waals surface area contributed by atoms with Crippen LogP contribution in [0.25, 0.3) is 22.4 Å². The van der Waals surface area contributed by atoms with Crippen molar-refractivity contribution in [3.63, 3.8) is 0 Å². The van der Waals surface area contributed by atoms with Crippen LogP contribution in [0.2, 0.25) is 5.15 Å². The molecule has 4 nitrogen and oxygen atoms in total. The van der Waals surface area contributed by atoms with Crippen molar-refractivity contribution in [3.05, 3.63) is 58.9 Å². The maximum absolute atomic E-state index is 6.04. The van der Waals surface area contributed by atoms with Crippen molar-refractivity contribution >= 4 is 17.4 Å². The summed E-state index contributed by atoms with van der Waals surface area (Å²) in [4.78, 5) is 8.67. The Morgan fingerprint density at radius 1 is 1.00 bits per heavy atom. The predicted octanol–water partition coefficient (Wildman–Crippen LogP) is 4.67. The van der Waals surface area contributed by atoms with Crippen molar-refractivity contribution in [3.8, 4) is 28.1 Å². The minimum Gasteiger partial charge on any atom is -0.495 e. The van der Waals surface area contributed by atoms with Gasteiger partial charge in [0.2, 0.25) is 0 Å². The molecule has 0 bridgehead atoms. The van der Waals surface area contributed by atoms with E-state index in [9.17, 15) is 0 Å². The van der Waals surface area contributed by atoms with Crippen LogP contribution in [-0.4, -0.2) is 17.1 Å². The molecule has 0 spiro atoms. The van der Waals surface area contributed by atoms with Gasteiger partial charge in [0, 0.05) is 22.9 Å². The molecule has 2 aromatic heterocycles. The number of aryl methyl sites for hydroxylation is 2. The number of hydrogen-bond donors (Lipinski definition) is 1. The van der Waals surface area contributed by atoms with Crippen LogP contribution in [0.5, 0.6) is 5.75 Å². The molecule has 3 rings (SSSR count). The van der Waals surface area contributed by atoms with E-state index in [-0.39, 0.29) is 0 Å². The van der Waals surface area contributed by atoms with Crippen LogP contribution >= 0.6 is 11.6 Å². The Morgan fingerprint density at radius 3 is 2.42 bits per heavy atom. The van der Waals surface area contributed by atoms with Crippen LogP contribution in [0.1, 0.15) is 11.1 Å². The number of rotatable bonds is 3. The summed E-state index contributed by atoms with van der Waals surface area (Å²) >= 11 is 5.91. The molecule has 0 saturated heterocycles. The number of para-hydroxylation sites is 1. The number of nitrogens with zero attached hydrogens (tertiary/aromatic N) is 2. The zero-order valence-corrected chi connectivity index (χ0v) is 14.6. The molecule has 3 aromatic rings. The molecule has 0 amide bonds. The molecule has 0 saturated carbocycles. The molecule has 5 heteroatoms. The van der Waals surface area contributed by atoms with E-state index >= 15 is 0 Å². The van der Waals surface area contributed by atoms with Gasteiger partial charge in [-0.2, -0.15) is 0 Å². The first-order chi connectivity index (χ1) is 11.5. The molecular formula is C19H18ClN3O. The molecule has 122 valence electrons. The van der Waals surface area contributed by atoms with Crippen LogP contribution in [-0.2, 0) is 0 Å². The van der Waals surface area contributed by atoms with Crippen LogP contribution in [0.15, 0.2) is 42.6 Å². The first-order valence-corrected chi connectivity index (χ1v) is 7.92. The fourth-order valence-corrected chi connectivity index (χ4v) is 2.77. The summed E-state index contributed by atoms with van der Waals surface area (Å²) in [7, 11) is 1.64. The van der Waals surface area contributed by atoms with Crippen molar-refractivity contribution in [1.29, 1.82) is 0 Å². The third kappa shape index (κ3) is 2.93. The highest BCUT2D eigenvalue weighted by Crippen LogP contribution is 2.40. The minimum atomic E-state index is 0.363. The van der Waals surface area contributed by atoms with Gasteiger partial charge in [0.15, 0.2) is 0 Å². The smallest absolute Gasteiger partial charge is 0.136 e.